The summed E-state index contributed by atoms with van der Waals surface area (Å²) in [7, 11) is 0. The van der Waals surface area contributed by atoms with Gasteiger partial charge in [0.15, 0.2) is 0 Å². The smallest absolute Gasteiger partial charge is 0.0971 e. The minimum absolute atomic E-state index is 0.0268. The van der Waals surface area contributed by atoms with Gasteiger partial charge in [0.25, 0.3) is 0 Å². The molecule has 1 atom stereocenters. The van der Waals surface area contributed by atoms with Gasteiger partial charge in [0.2, 0.25) is 0 Å². The van der Waals surface area contributed by atoms with E-state index >= 15 is 0 Å². The molecule has 0 radical (unpaired) electrons. The van der Waals surface area contributed by atoms with Crippen LogP contribution in [0.2, 0.25) is 0 Å². The van der Waals surface area contributed by atoms with Crippen molar-refractivity contribution < 1.29 is 0 Å². The van der Waals surface area contributed by atoms with Gasteiger partial charge in [-0.1, -0.05) is 32.0 Å². The summed E-state index contributed by atoms with van der Waals surface area (Å²) >= 11 is 0. The van der Waals surface area contributed by atoms with E-state index in [9.17, 15) is 0 Å². The maximum atomic E-state index is 5.94. The van der Waals surface area contributed by atoms with E-state index in [0.29, 0.717) is 5.92 Å². The molecule has 2 aromatic rings. The number of hydrogen-bond acceptors (Lipinski definition) is 2. The molecular weight excluding hydrogens is 198 g/mol. The van der Waals surface area contributed by atoms with E-state index in [4.69, 9.17) is 5.73 Å². The summed E-state index contributed by atoms with van der Waals surface area (Å²) in [5.41, 5.74) is 9.29. The molecule has 1 aromatic heterocycles. The molecule has 0 aliphatic carbocycles. The Morgan fingerprint density at radius 1 is 1.31 bits per heavy atom. The number of H-pyrrole nitrogens is 1. The molecule has 1 unspecified atom stereocenters. The van der Waals surface area contributed by atoms with Crippen LogP contribution in [0.25, 0.3) is 10.9 Å². The number of benzene rings is 1. The van der Waals surface area contributed by atoms with Crippen molar-refractivity contribution in [2.45, 2.75) is 33.2 Å². The number of hydrogen-bond donors (Lipinski definition) is 2. The van der Waals surface area contributed by atoms with E-state index in [0.717, 1.165) is 17.5 Å². The van der Waals surface area contributed by atoms with Gasteiger partial charge in [0.1, 0.15) is 0 Å². The second-order valence-electron chi connectivity index (χ2n) is 4.83. The molecule has 86 valence electrons. The molecule has 1 aromatic carbocycles. The first kappa shape index (κ1) is 11.1. The summed E-state index contributed by atoms with van der Waals surface area (Å²) < 4.78 is 0. The lowest BCUT2D eigenvalue weighted by Crippen LogP contribution is -2.05. The van der Waals surface area contributed by atoms with Gasteiger partial charge in [-0.2, -0.15) is 5.10 Å². The van der Waals surface area contributed by atoms with Gasteiger partial charge in [0.05, 0.1) is 5.52 Å². The Balaban J connectivity index is 2.52. The number of aromatic nitrogens is 2. The van der Waals surface area contributed by atoms with Crippen LogP contribution < -0.4 is 5.73 Å². The van der Waals surface area contributed by atoms with Crippen LogP contribution in [-0.4, -0.2) is 10.2 Å². The monoisotopic (exact) mass is 217 g/mol. The zero-order chi connectivity index (χ0) is 11.7. The van der Waals surface area contributed by atoms with Crippen molar-refractivity contribution in [1.29, 1.82) is 0 Å². The van der Waals surface area contributed by atoms with Gasteiger partial charge >= 0.3 is 0 Å². The fourth-order valence-electron chi connectivity index (χ4n) is 2.04. The predicted molar refractivity (Wildman–Crippen MR) is 67.2 cm³/mol. The molecule has 0 aliphatic heterocycles. The molecule has 0 bridgehead atoms. The Morgan fingerprint density at radius 2 is 2.06 bits per heavy atom. The minimum Gasteiger partial charge on any atom is -0.324 e. The number of nitrogens with two attached hydrogens (primary N) is 1. The van der Waals surface area contributed by atoms with Crippen LogP contribution >= 0.6 is 0 Å². The average molecular weight is 217 g/mol. The van der Waals surface area contributed by atoms with Crippen LogP contribution in [0.5, 0.6) is 0 Å². The van der Waals surface area contributed by atoms with Crippen LogP contribution in [-0.2, 0) is 6.42 Å². The van der Waals surface area contributed by atoms with Gasteiger partial charge in [-0.3, -0.25) is 5.10 Å². The Labute approximate surface area is 96.0 Å². The summed E-state index contributed by atoms with van der Waals surface area (Å²) in [5, 5.41) is 8.73. The summed E-state index contributed by atoms with van der Waals surface area (Å²) in [6.07, 6.45) is 1.03. The van der Waals surface area contributed by atoms with E-state index < -0.39 is 0 Å². The average Bonchev–Trinajstić information content (AvgIpc) is 2.60. The van der Waals surface area contributed by atoms with E-state index in [1.807, 2.05) is 13.0 Å². The molecule has 16 heavy (non-hydrogen) atoms. The van der Waals surface area contributed by atoms with Gasteiger partial charge in [-0.05, 0) is 24.8 Å². The van der Waals surface area contributed by atoms with E-state index in [-0.39, 0.29) is 6.04 Å². The van der Waals surface area contributed by atoms with Crippen LogP contribution in [0.4, 0.5) is 0 Å². The third-order valence-electron chi connectivity index (χ3n) is 2.80. The van der Waals surface area contributed by atoms with Crippen molar-refractivity contribution >= 4 is 10.9 Å². The molecule has 3 N–H and O–H groups in total. The summed E-state index contributed by atoms with van der Waals surface area (Å²) in [5.74, 6) is 0.627. The third-order valence-corrected chi connectivity index (χ3v) is 2.80. The maximum Gasteiger partial charge on any atom is 0.0971 e. The Hall–Kier alpha value is -1.35. The molecule has 0 aliphatic rings. The molecule has 0 spiro atoms. The zero-order valence-corrected chi connectivity index (χ0v) is 10.1. The molecule has 1 heterocycles. The lowest BCUT2D eigenvalue weighted by molar-refractivity contribution is 0.636. The summed E-state index contributed by atoms with van der Waals surface area (Å²) in [4.78, 5) is 0. The minimum atomic E-state index is 0.0268. The number of nitrogens with one attached hydrogen (secondary N) is 1. The molecule has 3 heteroatoms. The Morgan fingerprint density at radius 3 is 2.69 bits per heavy atom. The largest absolute Gasteiger partial charge is 0.324 e. The van der Waals surface area contributed by atoms with Crippen LogP contribution in [0, 0.1) is 5.92 Å². The van der Waals surface area contributed by atoms with E-state index in [2.05, 4.69) is 36.2 Å². The van der Waals surface area contributed by atoms with Crippen molar-refractivity contribution in [3.05, 3.63) is 29.5 Å². The second-order valence-corrected chi connectivity index (χ2v) is 4.83. The number of nitrogens with zero attached hydrogens (tertiary/aromatic N) is 1. The fraction of sp³-hybridized carbons (Fsp3) is 0.462. The summed E-state index contributed by atoms with van der Waals surface area (Å²) in [6.45, 7) is 6.41. The molecule has 0 saturated carbocycles. The number of aromatic amines is 1. The highest BCUT2D eigenvalue weighted by Crippen LogP contribution is 2.24. The highest BCUT2D eigenvalue weighted by Gasteiger charge is 2.11. The second kappa shape index (κ2) is 4.26. The highest BCUT2D eigenvalue weighted by molar-refractivity contribution is 5.84. The van der Waals surface area contributed by atoms with Crippen molar-refractivity contribution in [3.63, 3.8) is 0 Å². The van der Waals surface area contributed by atoms with Crippen molar-refractivity contribution in [1.82, 2.24) is 10.2 Å². The first-order valence-electron chi connectivity index (χ1n) is 5.81. The number of rotatable bonds is 3. The molecule has 0 saturated heterocycles. The standard InChI is InChI=1S/C13H19N3/c1-8(2)7-12-11-6-4-5-10(9(3)14)13(11)16-15-12/h4-6,8-9H,7,14H2,1-3H3,(H,15,16). The van der Waals surface area contributed by atoms with Gasteiger partial charge < -0.3 is 5.73 Å². The van der Waals surface area contributed by atoms with E-state index in [1.54, 1.807) is 0 Å². The maximum absolute atomic E-state index is 5.94. The lowest BCUT2D eigenvalue weighted by Gasteiger charge is -2.06. The van der Waals surface area contributed by atoms with Crippen LogP contribution in [0.15, 0.2) is 18.2 Å². The highest BCUT2D eigenvalue weighted by atomic mass is 15.1. The van der Waals surface area contributed by atoms with Crippen molar-refractivity contribution in [2.24, 2.45) is 11.7 Å². The third kappa shape index (κ3) is 1.95. The first-order valence-corrected chi connectivity index (χ1v) is 5.81. The SMILES string of the molecule is CC(C)Cc1[nH]nc2c(C(C)N)cccc12. The molecule has 0 amide bonds. The fourth-order valence-corrected chi connectivity index (χ4v) is 2.04. The van der Waals surface area contributed by atoms with E-state index in [1.165, 1.54) is 11.1 Å². The molecular formula is C13H19N3. The van der Waals surface area contributed by atoms with Crippen molar-refractivity contribution in [2.75, 3.05) is 0 Å². The van der Waals surface area contributed by atoms with Crippen LogP contribution in [0.1, 0.15) is 38.1 Å². The first-order chi connectivity index (χ1) is 7.59. The number of para-hydroxylation sites is 1. The predicted octanol–water partition coefficient (Wildman–Crippen LogP) is 2.78. The number of fused-ring (bicyclic) bond motifs is 1. The lowest BCUT2D eigenvalue weighted by atomic mass is 10.0. The molecule has 3 nitrogen and oxygen atoms in total. The Bertz CT molecular complexity index is 483. The molecule has 2 rings (SSSR count). The van der Waals surface area contributed by atoms with Gasteiger partial charge in [0, 0.05) is 17.1 Å². The Kier molecular flexibility index (Phi) is 2.97. The van der Waals surface area contributed by atoms with Gasteiger partial charge in [-0.15, -0.1) is 0 Å². The van der Waals surface area contributed by atoms with Crippen molar-refractivity contribution in [3.8, 4) is 0 Å². The normalized spacial score (nSPS) is 13.6. The topological polar surface area (TPSA) is 54.7 Å². The molecule has 0 fully saturated rings. The van der Waals surface area contributed by atoms with Crippen LogP contribution in [0.3, 0.4) is 0 Å². The zero-order valence-electron chi connectivity index (χ0n) is 10.1. The summed E-state index contributed by atoms with van der Waals surface area (Å²) in [6, 6.07) is 6.24. The van der Waals surface area contributed by atoms with Gasteiger partial charge in [-0.25, -0.2) is 0 Å². The quantitative estimate of drug-likeness (QED) is 0.830.